The number of nitrogens with zero attached hydrogens (tertiary/aromatic N) is 2. The highest BCUT2D eigenvalue weighted by molar-refractivity contribution is 5.67. The molecule has 162 valence electrons. The van der Waals surface area contributed by atoms with E-state index in [1.807, 2.05) is 12.3 Å². The first-order valence-electron chi connectivity index (χ1n) is 11.7. The number of rotatable bonds is 7. The maximum absolute atomic E-state index is 5.20. The van der Waals surface area contributed by atoms with Crippen molar-refractivity contribution >= 4 is 0 Å². The maximum atomic E-state index is 5.20. The van der Waals surface area contributed by atoms with Gasteiger partial charge in [0.1, 0.15) is 0 Å². The molecule has 0 aliphatic rings. The first kappa shape index (κ1) is 22.0. The van der Waals surface area contributed by atoms with Crippen LogP contribution in [0.3, 0.4) is 0 Å². The molecule has 0 aliphatic carbocycles. The number of aryl methyl sites for hydroxylation is 1. The molecule has 2 aromatic carbocycles. The van der Waals surface area contributed by atoms with Gasteiger partial charge in [0, 0.05) is 22.7 Å². The van der Waals surface area contributed by atoms with Crippen molar-refractivity contribution in [3.63, 3.8) is 0 Å². The van der Waals surface area contributed by atoms with Crippen LogP contribution in [-0.4, -0.2) is 9.97 Å². The van der Waals surface area contributed by atoms with Gasteiger partial charge in [-0.1, -0.05) is 88.7 Å². The molecule has 0 fully saturated rings. The van der Waals surface area contributed by atoms with Crippen LogP contribution in [0.5, 0.6) is 0 Å². The van der Waals surface area contributed by atoms with E-state index in [4.69, 9.17) is 4.98 Å². The summed E-state index contributed by atoms with van der Waals surface area (Å²) >= 11 is 0. The second kappa shape index (κ2) is 9.48. The molecule has 0 bridgehead atoms. The summed E-state index contributed by atoms with van der Waals surface area (Å²) in [7, 11) is 0. The molecular formula is C30H32N2. The van der Waals surface area contributed by atoms with Gasteiger partial charge in [-0.25, -0.2) is 0 Å². The largest absolute Gasteiger partial charge is 0.256 e. The Balaban J connectivity index is 1.81. The molecule has 2 heterocycles. The standard InChI is InChI=1S/C30H32N2/c1-5-13-22-14-7-8-15-24(22)28-19-12-20-29(32-28)30(3,4)26-17-11-16-25(23(26)6-2)27-18-9-10-21-31-27/h7-12,14-21H,5-6,13H2,1-4H3. The van der Waals surface area contributed by atoms with Crippen LogP contribution in [0.1, 0.15) is 56.5 Å². The van der Waals surface area contributed by atoms with E-state index in [1.165, 1.54) is 27.8 Å². The van der Waals surface area contributed by atoms with Crippen molar-refractivity contribution in [2.45, 2.75) is 52.4 Å². The van der Waals surface area contributed by atoms with Crippen LogP contribution in [0.2, 0.25) is 0 Å². The molecule has 0 amide bonds. The van der Waals surface area contributed by atoms with Crippen LogP contribution < -0.4 is 0 Å². The molecule has 0 atom stereocenters. The van der Waals surface area contributed by atoms with Crippen LogP contribution in [0.15, 0.2) is 85.1 Å². The Hall–Kier alpha value is -3.26. The predicted octanol–water partition coefficient (Wildman–Crippen LogP) is 7.65. The fourth-order valence-electron chi connectivity index (χ4n) is 4.64. The number of pyridine rings is 2. The van der Waals surface area contributed by atoms with Gasteiger partial charge in [0.15, 0.2) is 0 Å². The van der Waals surface area contributed by atoms with Crippen LogP contribution >= 0.6 is 0 Å². The number of aromatic nitrogens is 2. The van der Waals surface area contributed by atoms with E-state index in [9.17, 15) is 0 Å². The van der Waals surface area contributed by atoms with Crippen LogP contribution in [-0.2, 0) is 18.3 Å². The zero-order valence-electron chi connectivity index (χ0n) is 19.6. The first-order chi connectivity index (χ1) is 15.6. The Labute approximate surface area is 192 Å². The van der Waals surface area contributed by atoms with Crippen molar-refractivity contribution in [3.05, 3.63) is 107 Å². The fraction of sp³-hybridized carbons (Fsp3) is 0.267. The van der Waals surface area contributed by atoms with Gasteiger partial charge in [-0.15, -0.1) is 0 Å². The van der Waals surface area contributed by atoms with E-state index in [-0.39, 0.29) is 5.41 Å². The third-order valence-electron chi connectivity index (χ3n) is 6.35. The zero-order valence-corrected chi connectivity index (χ0v) is 19.6. The van der Waals surface area contributed by atoms with Crippen LogP contribution in [0.4, 0.5) is 0 Å². The molecule has 0 N–H and O–H groups in total. The Bertz CT molecular complexity index is 1190. The fourth-order valence-corrected chi connectivity index (χ4v) is 4.64. The van der Waals surface area contributed by atoms with E-state index in [1.54, 1.807) is 0 Å². The molecule has 4 rings (SSSR count). The minimum absolute atomic E-state index is 0.230. The van der Waals surface area contributed by atoms with E-state index >= 15 is 0 Å². The minimum atomic E-state index is -0.230. The van der Waals surface area contributed by atoms with Crippen molar-refractivity contribution in [2.24, 2.45) is 0 Å². The van der Waals surface area contributed by atoms with Crippen LogP contribution in [0, 0.1) is 0 Å². The summed E-state index contributed by atoms with van der Waals surface area (Å²) in [6.07, 6.45) is 5.01. The smallest absolute Gasteiger partial charge is 0.0708 e. The Morgan fingerprint density at radius 1 is 0.719 bits per heavy atom. The third-order valence-corrected chi connectivity index (χ3v) is 6.35. The van der Waals surface area contributed by atoms with Crippen LogP contribution in [0.25, 0.3) is 22.5 Å². The van der Waals surface area contributed by atoms with Gasteiger partial charge in [0.25, 0.3) is 0 Å². The van der Waals surface area contributed by atoms with E-state index in [0.29, 0.717) is 0 Å². The summed E-state index contributed by atoms with van der Waals surface area (Å²) in [4.78, 5) is 9.81. The summed E-state index contributed by atoms with van der Waals surface area (Å²) < 4.78 is 0. The van der Waals surface area contributed by atoms with Crippen molar-refractivity contribution in [2.75, 3.05) is 0 Å². The average Bonchev–Trinajstić information content (AvgIpc) is 2.84. The molecular weight excluding hydrogens is 388 g/mol. The van der Waals surface area contributed by atoms with Gasteiger partial charge in [-0.3, -0.25) is 9.97 Å². The number of hydrogen-bond acceptors (Lipinski definition) is 2. The average molecular weight is 421 g/mol. The molecule has 0 unspecified atom stereocenters. The highest BCUT2D eigenvalue weighted by Crippen LogP contribution is 2.37. The quantitative estimate of drug-likeness (QED) is 0.307. The summed E-state index contributed by atoms with van der Waals surface area (Å²) in [6.45, 7) is 9.03. The SMILES string of the molecule is CCCc1ccccc1-c1cccc(C(C)(C)c2cccc(-c3ccccn3)c2CC)n1. The van der Waals surface area contributed by atoms with E-state index in [2.05, 4.69) is 105 Å². The lowest BCUT2D eigenvalue weighted by Gasteiger charge is -2.29. The van der Waals surface area contributed by atoms with Crippen molar-refractivity contribution in [3.8, 4) is 22.5 Å². The van der Waals surface area contributed by atoms with Gasteiger partial charge >= 0.3 is 0 Å². The number of hydrogen-bond donors (Lipinski definition) is 0. The van der Waals surface area contributed by atoms with Gasteiger partial charge in [-0.2, -0.15) is 0 Å². The molecule has 2 heteroatoms. The van der Waals surface area contributed by atoms with Crippen molar-refractivity contribution in [1.29, 1.82) is 0 Å². The Morgan fingerprint density at radius 2 is 1.44 bits per heavy atom. The van der Waals surface area contributed by atoms with Gasteiger partial charge in [-0.05, 0) is 53.8 Å². The predicted molar refractivity (Wildman–Crippen MR) is 135 cm³/mol. The van der Waals surface area contributed by atoms with Gasteiger partial charge in [0.05, 0.1) is 17.1 Å². The molecule has 0 spiro atoms. The van der Waals surface area contributed by atoms with Gasteiger partial charge in [0.2, 0.25) is 0 Å². The topological polar surface area (TPSA) is 25.8 Å². The van der Waals surface area contributed by atoms with E-state index < -0.39 is 0 Å². The molecule has 2 nitrogen and oxygen atoms in total. The molecule has 32 heavy (non-hydrogen) atoms. The summed E-state index contributed by atoms with van der Waals surface area (Å²) in [5.41, 5.74) is 9.41. The lowest BCUT2D eigenvalue weighted by molar-refractivity contribution is 0.610. The monoisotopic (exact) mass is 420 g/mol. The summed E-state index contributed by atoms with van der Waals surface area (Å²) in [5.74, 6) is 0. The van der Waals surface area contributed by atoms with Gasteiger partial charge < -0.3 is 0 Å². The first-order valence-corrected chi connectivity index (χ1v) is 11.7. The summed E-state index contributed by atoms with van der Waals surface area (Å²) in [5, 5.41) is 0. The van der Waals surface area contributed by atoms with Crippen molar-refractivity contribution < 1.29 is 0 Å². The molecule has 2 aromatic heterocycles. The van der Waals surface area contributed by atoms with E-state index in [0.717, 1.165) is 36.3 Å². The highest BCUT2D eigenvalue weighted by Gasteiger charge is 2.28. The normalized spacial score (nSPS) is 11.5. The maximum Gasteiger partial charge on any atom is 0.0708 e. The lowest BCUT2D eigenvalue weighted by Crippen LogP contribution is -2.23. The molecule has 0 saturated heterocycles. The second-order valence-electron chi connectivity index (χ2n) is 8.84. The Kier molecular flexibility index (Phi) is 6.50. The zero-order chi connectivity index (χ0) is 22.6. The number of benzene rings is 2. The summed E-state index contributed by atoms with van der Waals surface area (Å²) in [6, 6.07) is 27.8. The third kappa shape index (κ3) is 4.23. The molecule has 0 aliphatic heterocycles. The lowest BCUT2D eigenvalue weighted by atomic mass is 9.76. The molecule has 0 radical (unpaired) electrons. The molecule has 4 aromatic rings. The molecule has 0 saturated carbocycles. The second-order valence-corrected chi connectivity index (χ2v) is 8.84. The van der Waals surface area contributed by atoms with Crippen molar-refractivity contribution in [1.82, 2.24) is 9.97 Å². The highest BCUT2D eigenvalue weighted by atomic mass is 14.7. The minimum Gasteiger partial charge on any atom is -0.256 e. The Morgan fingerprint density at radius 3 is 2.19 bits per heavy atom.